The number of pyridine rings is 1. The fraction of sp³-hybridized carbons (Fsp3) is 0.130. The molecule has 0 fully saturated rings. The van der Waals surface area contributed by atoms with Crippen molar-refractivity contribution >= 4 is 23.2 Å². The molecule has 0 bridgehead atoms. The molecule has 2 N–H and O–H groups in total. The standard InChI is InChI=1S/C23H20N4O2/c1-15(2)18-8-4-6-10-20(18)27-22(28)16-11-12-25-21(13-16)23(29)26-19-9-5-3-7-17(19)14-24/h3-13,15H,1-2H3,(H,26,29)(H,27,28). The van der Waals surface area contributed by atoms with Crippen molar-refractivity contribution in [1.82, 2.24) is 4.98 Å². The van der Waals surface area contributed by atoms with E-state index in [-0.39, 0.29) is 17.5 Å². The first-order valence-corrected chi connectivity index (χ1v) is 9.16. The average Bonchev–Trinajstić information content (AvgIpc) is 2.74. The van der Waals surface area contributed by atoms with Gasteiger partial charge in [-0.25, -0.2) is 0 Å². The van der Waals surface area contributed by atoms with Gasteiger partial charge < -0.3 is 10.6 Å². The second-order valence-corrected chi connectivity index (χ2v) is 6.74. The van der Waals surface area contributed by atoms with Gasteiger partial charge in [-0.05, 0) is 41.8 Å². The van der Waals surface area contributed by atoms with E-state index >= 15 is 0 Å². The molecular formula is C23H20N4O2. The van der Waals surface area contributed by atoms with Crippen molar-refractivity contribution in [3.63, 3.8) is 0 Å². The number of amides is 2. The third kappa shape index (κ3) is 4.66. The Hall–Kier alpha value is -3.98. The molecule has 3 aromatic rings. The number of rotatable bonds is 5. The van der Waals surface area contributed by atoms with E-state index in [1.54, 1.807) is 30.3 Å². The fourth-order valence-corrected chi connectivity index (χ4v) is 2.88. The highest BCUT2D eigenvalue weighted by Gasteiger charge is 2.15. The highest BCUT2D eigenvalue weighted by atomic mass is 16.2. The van der Waals surface area contributed by atoms with Gasteiger partial charge in [-0.2, -0.15) is 5.26 Å². The van der Waals surface area contributed by atoms with Crippen LogP contribution in [0.2, 0.25) is 0 Å². The van der Waals surface area contributed by atoms with Crippen LogP contribution in [0, 0.1) is 11.3 Å². The van der Waals surface area contributed by atoms with Gasteiger partial charge in [-0.15, -0.1) is 0 Å². The maximum absolute atomic E-state index is 12.7. The molecule has 0 radical (unpaired) electrons. The number of nitrogens with one attached hydrogen (secondary N) is 2. The molecule has 2 amide bonds. The van der Waals surface area contributed by atoms with Crippen LogP contribution in [0.4, 0.5) is 11.4 Å². The van der Waals surface area contributed by atoms with E-state index in [1.807, 2.05) is 30.3 Å². The first-order valence-electron chi connectivity index (χ1n) is 9.16. The summed E-state index contributed by atoms with van der Waals surface area (Å²) in [7, 11) is 0. The number of anilines is 2. The van der Waals surface area contributed by atoms with Gasteiger partial charge in [-0.1, -0.05) is 44.2 Å². The van der Waals surface area contributed by atoms with Crippen LogP contribution in [0.3, 0.4) is 0 Å². The van der Waals surface area contributed by atoms with Crippen LogP contribution in [0.15, 0.2) is 66.9 Å². The second-order valence-electron chi connectivity index (χ2n) is 6.74. The lowest BCUT2D eigenvalue weighted by atomic mass is 10.0. The molecule has 6 heteroatoms. The molecule has 0 spiro atoms. The lowest BCUT2D eigenvalue weighted by molar-refractivity contribution is 0.102. The van der Waals surface area contributed by atoms with Crippen LogP contribution in [0.25, 0.3) is 0 Å². The minimum absolute atomic E-state index is 0.0857. The van der Waals surface area contributed by atoms with Crippen LogP contribution >= 0.6 is 0 Å². The molecule has 144 valence electrons. The van der Waals surface area contributed by atoms with Gasteiger partial charge in [0.2, 0.25) is 0 Å². The molecule has 0 saturated carbocycles. The van der Waals surface area contributed by atoms with Crippen molar-refractivity contribution in [2.24, 2.45) is 0 Å². The minimum Gasteiger partial charge on any atom is -0.322 e. The number of aromatic nitrogens is 1. The maximum Gasteiger partial charge on any atom is 0.274 e. The predicted molar refractivity (Wildman–Crippen MR) is 112 cm³/mol. The van der Waals surface area contributed by atoms with E-state index in [0.717, 1.165) is 11.3 Å². The first kappa shape index (κ1) is 19.8. The van der Waals surface area contributed by atoms with Crippen LogP contribution < -0.4 is 10.6 Å². The molecule has 6 nitrogen and oxygen atoms in total. The van der Waals surface area contributed by atoms with Crippen LogP contribution in [0.1, 0.15) is 51.7 Å². The molecule has 0 atom stereocenters. The number of carbonyl (C=O) groups excluding carboxylic acids is 2. The predicted octanol–water partition coefficient (Wildman–Crippen LogP) is 4.58. The quantitative estimate of drug-likeness (QED) is 0.673. The summed E-state index contributed by atoms with van der Waals surface area (Å²) in [6, 6.07) is 19.3. The van der Waals surface area contributed by atoms with E-state index in [2.05, 4.69) is 29.5 Å². The Morgan fingerprint density at radius 3 is 2.31 bits per heavy atom. The second kappa shape index (κ2) is 8.81. The Bertz CT molecular complexity index is 1100. The highest BCUT2D eigenvalue weighted by molar-refractivity contribution is 6.08. The van der Waals surface area contributed by atoms with Gasteiger partial charge in [0.25, 0.3) is 11.8 Å². The largest absolute Gasteiger partial charge is 0.322 e. The number of hydrogen-bond acceptors (Lipinski definition) is 4. The lowest BCUT2D eigenvalue weighted by Gasteiger charge is -2.14. The first-order chi connectivity index (χ1) is 14.0. The average molecular weight is 384 g/mol. The molecule has 0 saturated heterocycles. The van der Waals surface area contributed by atoms with Crippen molar-refractivity contribution in [3.05, 3.63) is 89.2 Å². The van der Waals surface area contributed by atoms with Crippen molar-refractivity contribution in [2.45, 2.75) is 19.8 Å². The number of para-hydroxylation sites is 2. The summed E-state index contributed by atoms with van der Waals surface area (Å²) in [6.07, 6.45) is 1.41. The van der Waals surface area contributed by atoms with Crippen molar-refractivity contribution in [1.29, 1.82) is 5.26 Å². The number of hydrogen-bond donors (Lipinski definition) is 2. The molecule has 0 aliphatic carbocycles. The van der Waals surface area contributed by atoms with Crippen molar-refractivity contribution in [3.8, 4) is 6.07 Å². The molecule has 0 unspecified atom stereocenters. The van der Waals surface area contributed by atoms with Gasteiger partial charge in [-0.3, -0.25) is 14.6 Å². The number of nitrogens with zero attached hydrogens (tertiary/aromatic N) is 2. The highest BCUT2D eigenvalue weighted by Crippen LogP contribution is 2.24. The van der Waals surface area contributed by atoms with Crippen LogP contribution in [-0.2, 0) is 0 Å². The lowest BCUT2D eigenvalue weighted by Crippen LogP contribution is -2.18. The van der Waals surface area contributed by atoms with Crippen molar-refractivity contribution < 1.29 is 9.59 Å². The SMILES string of the molecule is CC(C)c1ccccc1NC(=O)c1ccnc(C(=O)Nc2ccccc2C#N)c1. The van der Waals surface area contributed by atoms with E-state index in [9.17, 15) is 9.59 Å². The van der Waals surface area contributed by atoms with Gasteiger partial charge in [0.05, 0.1) is 11.3 Å². The third-order valence-electron chi connectivity index (χ3n) is 4.38. The summed E-state index contributed by atoms with van der Waals surface area (Å²) in [6.45, 7) is 4.11. The fourth-order valence-electron chi connectivity index (χ4n) is 2.88. The Morgan fingerprint density at radius 1 is 0.931 bits per heavy atom. The Kier molecular flexibility index (Phi) is 6.00. The summed E-state index contributed by atoms with van der Waals surface area (Å²) in [5.74, 6) is -0.567. The summed E-state index contributed by atoms with van der Waals surface area (Å²) in [5.41, 5.74) is 2.90. The summed E-state index contributed by atoms with van der Waals surface area (Å²) in [4.78, 5) is 29.3. The van der Waals surface area contributed by atoms with E-state index in [1.165, 1.54) is 12.3 Å². The zero-order valence-electron chi connectivity index (χ0n) is 16.1. The van der Waals surface area contributed by atoms with Crippen LogP contribution in [-0.4, -0.2) is 16.8 Å². The summed E-state index contributed by atoms with van der Waals surface area (Å²) in [5, 5.41) is 14.7. The molecule has 0 aliphatic rings. The molecule has 1 heterocycles. The van der Waals surface area contributed by atoms with Crippen LogP contribution in [0.5, 0.6) is 0 Å². The maximum atomic E-state index is 12.7. The number of carbonyl (C=O) groups is 2. The summed E-state index contributed by atoms with van der Waals surface area (Å²) >= 11 is 0. The Labute approximate surface area is 169 Å². The Morgan fingerprint density at radius 2 is 1.59 bits per heavy atom. The van der Waals surface area contributed by atoms with E-state index in [4.69, 9.17) is 5.26 Å². The smallest absolute Gasteiger partial charge is 0.274 e. The van der Waals surface area contributed by atoms with Gasteiger partial charge in [0.1, 0.15) is 11.8 Å². The molecule has 2 aromatic carbocycles. The topological polar surface area (TPSA) is 94.9 Å². The minimum atomic E-state index is -0.495. The zero-order chi connectivity index (χ0) is 20.8. The van der Waals surface area contributed by atoms with Crippen molar-refractivity contribution in [2.75, 3.05) is 10.6 Å². The van der Waals surface area contributed by atoms with Gasteiger partial charge >= 0.3 is 0 Å². The van der Waals surface area contributed by atoms with Gasteiger partial charge in [0.15, 0.2) is 0 Å². The van der Waals surface area contributed by atoms with E-state index in [0.29, 0.717) is 16.8 Å². The molecule has 29 heavy (non-hydrogen) atoms. The number of nitriles is 1. The summed E-state index contributed by atoms with van der Waals surface area (Å²) < 4.78 is 0. The Balaban J connectivity index is 1.80. The molecule has 3 rings (SSSR count). The van der Waals surface area contributed by atoms with E-state index < -0.39 is 5.91 Å². The molecular weight excluding hydrogens is 364 g/mol. The molecule has 1 aromatic heterocycles. The monoisotopic (exact) mass is 384 g/mol. The van der Waals surface area contributed by atoms with Gasteiger partial charge in [0, 0.05) is 17.4 Å². The third-order valence-corrected chi connectivity index (χ3v) is 4.38. The number of benzene rings is 2. The normalized spacial score (nSPS) is 10.3. The zero-order valence-corrected chi connectivity index (χ0v) is 16.1. The molecule has 0 aliphatic heterocycles.